The highest BCUT2D eigenvalue weighted by molar-refractivity contribution is 7.86. The number of esters is 1. The van der Waals surface area contributed by atoms with Crippen LogP contribution in [0.2, 0.25) is 0 Å². The van der Waals surface area contributed by atoms with Gasteiger partial charge in [-0.15, -0.1) is 0 Å². The molecule has 1 aliphatic rings. The summed E-state index contributed by atoms with van der Waals surface area (Å²) in [6.07, 6.45) is 0.614. The van der Waals surface area contributed by atoms with Crippen molar-refractivity contribution >= 4 is 22.1 Å². The van der Waals surface area contributed by atoms with E-state index in [9.17, 15) is 18.0 Å². The molecule has 1 fully saturated rings. The second-order valence-corrected chi connectivity index (χ2v) is 6.95. The van der Waals surface area contributed by atoms with Crippen LogP contribution in [-0.2, 0) is 24.5 Å². The Kier molecular flexibility index (Phi) is 6.56. The van der Waals surface area contributed by atoms with Gasteiger partial charge >= 0.3 is 5.97 Å². The number of nitrogens with zero attached hydrogens (tertiary/aromatic N) is 3. The van der Waals surface area contributed by atoms with Gasteiger partial charge in [-0.05, 0) is 6.42 Å². The molecule has 0 saturated carbocycles. The molecule has 21 heavy (non-hydrogen) atoms. The number of methoxy groups -OCH3 is 1. The molecular weight excluding hydrogens is 298 g/mol. The molecule has 1 rings (SSSR count). The minimum Gasteiger partial charge on any atom is -0.469 e. The van der Waals surface area contributed by atoms with Crippen molar-refractivity contribution in [2.45, 2.75) is 19.8 Å². The standard InChI is InChI=1S/C12H23N3O5S/c1-11(16)14-6-4-7-15(10-9-14)21(18,19)13(2)8-5-12(17)20-3/h4-10H2,1-3H3. The predicted molar refractivity (Wildman–Crippen MR) is 76.6 cm³/mol. The summed E-state index contributed by atoms with van der Waals surface area (Å²) < 4.78 is 31.8. The Morgan fingerprint density at radius 3 is 2.43 bits per heavy atom. The lowest BCUT2D eigenvalue weighted by molar-refractivity contribution is -0.140. The first-order valence-electron chi connectivity index (χ1n) is 6.82. The minimum atomic E-state index is -3.62. The largest absolute Gasteiger partial charge is 0.469 e. The van der Waals surface area contributed by atoms with Crippen molar-refractivity contribution in [2.24, 2.45) is 0 Å². The summed E-state index contributed by atoms with van der Waals surface area (Å²) in [5.74, 6) is -0.496. The Balaban J connectivity index is 2.64. The van der Waals surface area contributed by atoms with E-state index in [1.54, 1.807) is 4.90 Å². The first kappa shape index (κ1) is 17.9. The molecule has 0 aromatic heterocycles. The quantitative estimate of drug-likeness (QED) is 0.624. The van der Waals surface area contributed by atoms with E-state index < -0.39 is 16.2 Å². The van der Waals surface area contributed by atoms with E-state index >= 15 is 0 Å². The summed E-state index contributed by atoms with van der Waals surface area (Å²) in [7, 11) is -0.915. The highest BCUT2D eigenvalue weighted by atomic mass is 32.2. The SMILES string of the molecule is COC(=O)CCN(C)S(=O)(=O)N1CCCN(C(C)=O)CC1. The Morgan fingerprint density at radius 2 is 1.86 bits per heavy atom. The van der Waals surface area contributed by atoms with E-state index in [0.717, 1.165) is 4.31 Å². The van der Waals surface area contributed by atoms with Crippen molar-refractivity contribution in [3.63, 3.8) is 0 Å². The van der Waals surface area contributed by atoms with Gasteiger partial charge in [-0.25, -0.2) is 0 Å². The molecule has 0 bridgehead atoms. The maximum Gasteiger partial charge on any atom is 0.306 e. The summed E-state index contributed by atoms with van der Waals surface area (Å²) in [5.41, 5.74) is 0. The van der Waals surface area contributed by atoms with Crippen molar-refractivity contribution in [2.75, 3.05) is 46.9 Å². The number of carbonyl (C=O) groups excluding carboxylic acids is 2. The molecule has 0 atom stereocenters. The molecule has 8 nitrogen and oxygen atoms in total. The summed E-state index contributed by atoms with van der Waals surface area (Å²) in [4.78, 5) is 24.1. The van der Waals surface area contributed by atoms with Gasteiger partial charge in [0.2, 0.25) is 5.91 Å². The zero-order chi connectivity index (χ0) is 16.0. The topological polar surface area (TPSA) is 87.2 Å². The maximum absolute atomic E-state index is 12.4. The molecule has 0 aromatic rings. The Morgan fingerprint density at radius 1 is 1.19 bits per heavy atom. The molecule has 9 heteroatoms. The van der Waals surface area contributed by atoms with Crippen LogP contribution in [0.15, 0.2) is 0 Å². The van der Waals surface area contributed by atoms with Gasteiger partial charge in [-0.3, -0.25) is 9.59 Å². The molecular formula is C12H23N3O5S. The van der Waals surface area contributed by atoms with Crippen LogP contribution in [0.25, 0.3) is 0 Å². The third-order valence-electron chi connectivity index (χ3n) is 3.48. The van der Waals surface area contributed by atoms with Crippen LogP contribution in [0.1, 0.15) is 19.8 Å². The van der Waals surface area contributed by atoms with Crippen LogP contribution >= 0.6 is 0 Å². The maximum atomic E-state index is 12.4. The van der Waals surface area contributed by atoms with Gasteiger partial charge in [0, 0.05) is 46.7 Å². The Labute approximate surface area is 125 Å². The van der Waals surface area contributed by atoms with Crippen molar-refractivity contribution < 1.29 is 22.7 Å². The summed E-state index contributed by atoms with van der Waals surface area (Å²) in [6, 6.07) is 0. The number of ether oxygens (including phenoxy) is 1. The van der Waals surface area contributed by atoms with Gasteiger partial charge in [-0.2, -0.15) is 17.0 Å². The second kappa shape index (κ2) is 7.71. The predicted octanol–water partition coefficient (Wildman–Crippen LogP) is -0.720. The molecule has 122 valence electrons. The lowest BCUT2D eigenvalue weighted by atomic mass is 10.4. The number of carbonyl (C=O) groups is 2. The van der Waals surface area contributed by atoms with E-state index in [2.05, 4.69) is 4.74 Å². The van der Waals surface area contributed by atoms with E-state index in [1.165, 1.54) is 25.4 Å². The van der Waals surface area contributed by atoms with Gasteiger partial charge in [0.05, 0.1) is 13.5 Å². The van der Waals surface area contributed by atoms with Gasteiger partial charge in [-0.1, -0.05) is 0 Å². The van der Waals surface area contributed by atoms with Gasteiger partial charge in [0.15, 0.2) is 0 Å². The molecule has 1 aliphatic heterocycles. The summed E-state index contributed by atoms with van der Waals surface area (Å²) in [6.45, 7) is 3.14. The first-order valence-corrected chi connectivity index (χ1v) is 8.22. The van der Waals surface area contributed by atoms with Crippen molar-refractivity contribution in [1.82, 2.24) is 13.5 Å². The second-order valence-electron chi connectivity index (χ2n) is 4.91. The van der Waals surface area contributed by atoms with Crippen molar-refractivity contribution in [3.8, 4) is 0 Å². The van der Waals surface area contributed by atoms with Crippen LogP contribution in [0.3, 0.4) is 0 Å². The molecule has 1 amide bonds. The fourth-order valence-corrected chi connectivity index (χ4v) is 3.49. The lowest BCUT2D eigenvalue weighted by Crippen LogP contribution is -2.44. The molecule has 0 spiro atoms. The average molecular weight is 321 g/mol. The molecule has 0 aliphatic carbocycles. The smallest absolute Gasteiger partial charge is 0.306 e. The van der Waals surface area contributed by atoms with Crippen molar-refractivity contribution in [1.29, 1.82) is 0 Å². The fourth-order valence-electron chi connectivity index (χ4n) is 2.10. The van der Waals surface area contributed by atoms with Crippen LogP contribution < -0.4 is 0 Å². The fraction of sp³-hybridized carbons (Fsp3) is 0.833. The monoisotopic (exact) mass is 321 g/mol. The van der Waals surface area contributed by atoms with Gasteiger partial charge in [0.25, 0.3) is 10.2 Å². The summed E-state index contributed by atoms with van der Waals surface area (Å²) in [5, 5.41) is 0. The zero-order valence-electron chi connectivity index (χ0n) is 12.7. The van der Waals surface area contributed by atoms with Gasteiger partial charge in [0.1, 0.15) is 0 Å². The number of amides is 1. The van der Waals surface area contributed by atoms with Gasteiger partial charge < -0.3 is 9.64 Å². The first-order chi connectivity index (χ1) is 9.78. The Bertz CT molecular complexity index is 479. The minimum absolute atomic E-state index is 0.0135. The van der Waals surface area contributed by atoms with E-state index in [0.29, 0.717) is 26.1 Å². The average Bonchev–Trinajstić information content (AvgIpc) is 2.70. The summed E-state index contributed by atoms with van der Waals surface area (Å²) >= 11 is 0. The normalized spacial score (nSPS) is 17.6. The highest BCUT2D eigenvalue weighted by Gasteiger charge is 2.29. The van der Waals surface area contributed by atoms with Crippen LogP contribution in [0.5, 0.6) is 0 Å². The molecule has 0 radical (unpaired) electrons. The van der Waals surface area contributed by atoms with Crippen LogP contribution in [-0.4, -0.2) is 80.7 Å². The highest BCUT2D eigenvalue weighted by Crippen LogP contribution is 2.12. The molecule has 0 aromatic carbocycles. The zero-order valence-corrected chi connectivity index (χ0v) is 13.6. The van der Waals surface area contributed by atoms with Crippen LogP contribution in [0.4, 0.5) is 0 Å². The van der Waals surface area contributed by atoms with Crippen LogP contribution in [0, 0.1) is 0 Å². The molecule has 0 N–H and O–H groups in total. The Hall–Kier alpha value is -1.19. The van der Waals surface area contributed by atoms with E-state index in [1.807, 2.05) is 0 Å². The van der Waals surface area contributed by atoms with E-state index in [-0.39, 0.29) is 25.4 Å². The number of rotatable bonds is 5. The lowest BCUT2D eigenvalue weighted by Gasteiger charge is -2.26. The molecule has 0 unspecified atom stereocenters. The van der Waals surface area contributed by atoms with E-state index in [4.69, 9.17) is 0 Å². The number of hydrogen-bond donors (Lipinski definition) is 0. The third-order valence-corrected chi connectivity index (χ3v) is 5.47. The molecule has 1 saturated heterocycles. The number of hydrogen-bond acceptors (Lipinski definition) is 5. The molecule has 1 heterocycles. The third kappa shape index (κ3) is 4.94. The van der Waals surface area contributed by atoms with Crippen molar-refractivity contribution in [3.05, 3.63) is 0 Å².